The first kappa shape index (κ1) is 7.60. The Morgan fingerprint density at radius 1 is 1.31 bits per heavy atom. The van der Waals surface area contributed by atoms with Crippen LogP contribution in [0.3, 0.4) is 0 Å². The predicted octanol–water partition coefficient (Wildman–Crippen LogP) is -0.307. The van der Waals surface area contributed by atoms with Crippen LogP contribution in [0.4, 0.5) is 0 Å². The van der Waals surface area contributed by atoms with Gasteiger partial charge in [0.25, 0.3) is 5.56 Å². The Balaban J connectivity index is 3.15. The molecule has 0 aliphatic rings. The molecule has 5 heteroatoms. The fourth-order valence-electron chi connectivity index (χ4n) is 1.15. The van der Waals surface area contributed by atoms with Gasteiger partial charge in [-0.15, -0.1) is 0 Å². The summed E-state index contributed by atoms with van der Waals surface area (Å²) in [7, 11) is 0. The van der Waals surface area contributed by atoms with Crippen LogP contribution < -0.4 is 11.0 Å². The maximum absolute atomic E-state index is 11.2. The molecule has 0 aliphatic heterocycles. The molecule has 0 spiro atoms. The van der Waals surface area contributed by atoms with Gasteiger partial charge in [-0.1, -0.05) is 0 Å². The van der Waals surface area contributed by atoms with Crippen molar-refractivity contribution >= 4 is 5.52 Å². The first-order chi connectivity index (χ1) is 6.20. The highest BCUT2D eigenvalue weighted by Gasteiger charge is 2.05. The molecule has 2 heterocycles. The van der Waals surface area contributed by atoms with E-state index in [4.69, 9.17) is 0 Å². The summed E-state index contributed by atoms with van der Waals surface area (Å²) in [5.41, 5.74) is -1.08. The van der Waals surface area contributed by atoms with Crippen LogP contribution in [0, 0.1) is 0 Å². The average Bonchev–Trinajstić information content (AvgIpc) is 2.12. The van der Waals surface area contributed by atoms with Gasteiger partial charge in [0.15, 0.2) is 11.3 Å². The summed E-state index contributed by atoms with van der Waals surface area (Å²) in [5.74, 6) is -0.524. The van der Waals surface area contributed by atoms with Crippen LogP contribution in [0.15, 0.2) is 34.2 Å². The Hall–Kier alpha value is -2.04. The van der Waals surface area contributed by atoms with E-state index in [1.54, 1.807) is 0 Å². The van der Waals surface area contributed by atoms with Gasteiger partial charge in [0.05, 0.1) is 0 Å². The van der Waals surface area contributed by atoms with Gasteiger partial charge < -0.3 is 14.5 Å². The molecule has 0 aliphatic carbocycles. The minimum atomic E-state index is -0.559. The Morgan fingerprint density at radius 2 is 2.08 bits per heavy atom. The zero-order valence-electron chi connectivity index (χ0n) is 6.52. The van der Waals surface area contributed by atoms with Crippen molar-refractivity contribution in [3.05, 3.63) is 45.2 Å². The van der Waals surface area contributed by atoms with Gasteiger partial charge in [-0.05, 0) is 0 Å². The Kier molecular flexibility index (Phi) is 1.45. The zero-order valence-corrected chi connectivity index (χ0v) is 6.52. The standard InChI is InChI=1S/C8H6N2O3/c11-5-1-3-10-4-2-9-8(13)6(10)7(5)12/h1-4,12H,(H,9,13). The maximum Gasteiger partial charge on any atom is 0.276 e. The molecule has 0 amide bonds. The van der Waals surface area contributed by atoms with Crippen LogP contribution in [0.25, 0.3) is 5.52 Å². The molecular weight excluding hydrogens is 172 g/mol. The molecule has 2 rings (SSSR count). The fraction of sp³-hybridized carbons (Fsp3) is 0. The van der Waals surface area contributed by atoms with E-state index in [1.807, 2.05) is 0 Å². The minimum Gasteiger partial charge on any atom is -0.503 e. The Labute approximate surface area is 71.9 Å². The molecule has 5 nitrogen and oxygen atoms in total. The van der Waals surface area contributed by atoms with E-state index in [0.717, 1.165) is 0 Å². The van der Waals surface area contributed by atoms with Crippen molar-refractivity contribution in [2.24, 2.45) is 0 Å². The third-order valence-corrected chi connectivity index (χ3v) is 1.77. The maximum atomic E-state index is 11.2. The largest absolute Gasteiger partial charge is 0.503 e. The summed E-state index contributed by atoms with van der Waals surface area (Å²) >= 11 is 0. The number of nitrogens with one attached hydrogen (secondary N) is 1. The molecule has 2 aromatic rings. The second-order valence-electron chi connectivity index (χ2n) is 2.57. The average molecular weight is 178 g/mol. The smallest absolute Gasteiger partial charge is 0.276 e. The van der Waals surface area contributed by atoms with Crippen LogP contribution in [0.1, 0.15) is 0 Å². The van der Waals surface area contributed by atoms with Crippen LogP contribution in [-0.2, 0) is 0 Å². The van der Waals surface area contributed by atoms with Gasteiger partial charge in [0.1, 0.15) is 0 Å². The van der Waals surface area contributed by atoms with Gasteiger partial charge in [0, 0.05) is 24.7 Å². The molecule has 0 saturated heterocycles. The number of rotatable bonds is 0. The summed E-state index contributed by atoms with van der Waals surface area (Å²) in [5, 5.41) is 9.29. The lowest BCUT2D eigenvalue weighted by atomic mass is 10.3. The third-order valence-electron chi connectivity index (χ3n) is 1.77. The van der Waals surface area contributed by atoms with Gasteiger partial charge in [-0.2, -0.15) is 0 Å². The molecule has 0 unspecified atom stereocenters. The van der Waals surface area contributed by atoms with Crippen molar-refractivity contribution < 1.29 is 5.11 Å². The van der Waals surface area contributed by atoms with Crippen LogP contribution in [-0.4, -0.2) is 14.5 Å². The van der Waals surface area contributed by atoms with E-state index >= 15 is 0 Å². The lowest BCUT2D eigenvalue weighted by Gasteiger charge is -1.99. The molecule has 66 valence electrons. The summed E-state index contributed by atoms with van der Waals surface area (Å²) in [4.78, 5) is 24.5. The molecule has 0 atom stereocenters. The van der Waals surface area contributed by atoms with Gasteiger partial charge >= 0.3 is 0 Å². The quantitative estimate of drug-likeness (QED) is 0.581. The first-order valence-corrected chi connectivity index (χ1v) is 3.62. The van der Waals surface area contributed by atoms with Crippen molar-refractivity contribution in [2.75, 3.05) is 0 Å². The van der Waals surface area contributed by atoms with Crippen molar-refractivity contribution in [3.63, 3.8) is 0 Å². The lowest BCUT2D eigenvalue weighted by molar-refractivity contribution is 0.473. The number of hydrogen-bond acceptors (Lipinski definition) is 3. The zero-order chi connectivity index (χ0) is 9.42. The number of aromatic amines is 1. The molecule has 0 fully saturated rings. The van der Waals surface area contributed by atoms with Crippen LogP contribution in [0.2, 0.25) is 0 Å². The third kappa shape index (κ3) is 1.01. The lowest BCUT2D eigenvalue weighted by Crippen LogP contribution is -2.13. The molecule has 0 aromatic carbocycles. The summed E-state index contributed by atoms with van der Waals surface area (Å²) in [6, 6.07) is 1.20. The van der Waals surface area contributed by atoms with Crippen molar-refractivity contribution in [2.45, 2.75) is 0 Å². The van der Waals surface area contributed by atoms with E-state index in [0.29, 0.717) is 0 Å². The summed E-state index contributed by atoms with van der Waals surface area (Å²) < 4.78 is 1.38. The fourth-order valence-corrected chi connectivity index (χ4v) is 1.15. The summed E-state index contributed by atoms with van der Waals surface area (Å²) in [6.45, 7) is 0. The molecule has 2 aromatic heterocycles. The second kappa shape index (κ2) is 2.48. The number of H-pyrrole nitrogens is 1. The molecular formula is C8H6N2O3. The van der Waals surface area contributed by atoms with Gasteiger partial charge in [0.2, 0.25) is 5.43 Å². The number of fused-ring (bicyclic) bond motifs is 1. The van der Waals surface area contributed by atoms with E-state index in [-0.39, 0.29) is 5.52 Å². The summed E-state index contributed by atoms with van der Waals surface area (Å²) in [6.07, 6.45) is 4.39. The van der Waals surface area contributed by atoms with E-state index in [1.165, 1.54) is 29.1 Å². The number of nitrogens with zero attached hydrogens (tertiary/aromatic N) is 1. The highest BCUT2D eigenvalue weighted by molar-refractivity contribution is 5.56. The predicted molar refractivity (Wildman–Crippen MR) is 46.0 cm³/mol. The number of hydrogen-bond donors (Lipinski definition) is 2. The Morgan fingerprint density at radius 3 is 2.85 bits per heavy atom. The van der Waals surface area contributed by atoms with Gasteiger partial charge in [-0.25, -0.2) is 0 Å². The van der Waals surface area contributed by atoms with Crippen molar-refractivity contribution in [1.29, 1.82) is 0 Å². The molecule has 0 bridgehead atoms. The van der Waals surface area contributed by atoms with E-state index < -0.39 is 16.7 Å². The molecule has 0 radical (unpaired) electrons. The number of pyridine rings is 1. The highest BCUT2D eigenvalue weighted by Crippen LogP contribution is 2.05. The number of aromatic hydroxyl groups is 1. The monoisotopic (exact) mass is 178 g/mol. The minimum absolute atomic E-state index is 0.0324. The molecule has 2 N–H and O–H groups in total. The van der Waals surface area contributed by atoms with Crippen molar-refractivity contribution in [1.82, 2.24) is 9.38 Å². The number of aromatic nitrogens is 2. The van der Waals surface area contributed by atoms with E-state index in [2.05, 4.69) is 4.98 Å². The van der Waals surface area contributed by atoms with Gasteiger partial charge in [-0.3, -0.25) is 9.59 Å². The van der Waals surface area contributed by atoms with Crippen LogP contribution in [0.5, 0.6) is 5.75 Å². The molecule has 13 heavy (non-hydrogen) atoms. The topological polar surface area (TPSA) is 74.6 Å². The second-order valence-corrected chi connectivity index (χ2v) is 2.57. The van der Waals surface area contributed by atoms with E-state index in [9.17, 15) is 14.7 Å². The SMILES string of the molecule is O=c1ccn2cc[nH]c(=O)c2c1O. The highest BCUT2D eigenvalue weighted by atomic mass is 16.3. The molecule has 0 saturated carbocycles. The van der Waals surface area contributed by atoms with Crippen LogP contribution >= 0.6 is 0 Å². The normalized spacial score (nSPS) is 10.5. The first-order valence-electron chi connectivity index (χ1n) is 3.62. The van der Waals surface area contributed by atoms with Crippen molar-refractivity contribution in [3.8, 4) is 5.75 Å². The Bertz CT molecular complexity index is 567.